The number of aryl methyl sites for hydroxylation is 2. The molecule has 21 heavy (non-hydrogen) atoms. The van der Waals surface area contributed by atoms with E-state index in [1.54, 1.807) is 26.0 Å². The van der Waals surface area contributed by atoms with Gasteiger partial charge in [-0.25, -0.2) is 0 Å². The van der Waals surface area contributed by atoms with Crippen molar-refractivity contribution in [3.63, 3.8) is 0 Å². The zero-order valence-corrected chi connectivity index (χ0v) is 12.3. The number of phenols is 1. The van der Waals surface area contributed by atoms with Gasteiger partial charge in [0.25, 0.3) is 0 Å². The molecule has 2 atom stereocenters. The second-order valence-corrected chi connectivity index (χ2v) is 5.78. The van der Waals surface area contributed by atoms with Crippen LogP contribution in [-0.2, 0) is 9.59 Å². The second-order valence-electron chi connectivity index (χ2n) is 5.78. The maximum atomic E-state index is 12.4. The number of nitrogens with one attached hydrogen (secondary N) is 1. The van der Waals surface area contributed by atoms with Gasteiger partial charge in [-0.05, 0) is 49.9 Å². The first kappa shape index (κ1) is 15.4. The van der Waals surface area contributed by atoms with E-state index >= 15 is 0 Å². The highest BCUT2D eigenvalue weighted by molar-refractivity contribution is 5.96. The van der Waals surface area contributed by atoms with Crippen molar-refractivity contribution < 1.29 is 19.8 Å². The molecule has 1 aromatic rings. The van der Waals surface area contributed by atoms with Crippen molar-refractivity contribution in [1.29, 1.82) is 0 Å². The molecule has 1 saturated carbocycles. The topological polar surface area (TPSA) is 86.6 Å². The summed E-state index contributed by atoms with van der Waals surface area (Å²) in [6.07, 6.45) is 2.91. The summed E-state index contributed by atoms with van der Waals surface area (Å²) in [5.41, 5.74) is 2.06. The lowest BCUT2D eigenvalue weighted by molar-refractivity contribution is -0.147. The van der Waals surface area contributed by atoms with Crippen LogP contribution >= 0.6 is 0 Å². The van der Waals surface area contributed by atoms with Crippen LogP contribution < -0.4 is 5.32 Å². The number of carbonyl (C=O) groups excluding carboxylic acids is 1. The average Bonchev–Trinajstić information content (AvgIpc) is 2.44. The van der Waals surface area contributed by atoms with E-state index in [-0.39, 0.29) is 11.7 Å². The summed E-state index contributed by atoms with van der Waals surface area (Å²) in [5, 5.41) is 21.7. The van der Waals surface area contributed by atoms with Gasteiger partial charge in [0.1, 0.15) is 5.75 Å². The van der Waals surface area contributed by atoms with E-state index in [1.165, 1.54) is 0 Å². The van der Waals surface area contributed by atoms with E-state index in [0.29, 0.717) is 24.1 Å². The molecule has 0 saturated heterocycles. The number of benzene rings is 1. The van der Waals surface area contributed by atoms with Crippen LogP contribution in [0.2, 0.25) is 0 Å². The van der Waals surface area contributed by atoms with Crippen molar-refractivity contribution >= 4 is 17.6 Å². The fourth-order valence-electron chi connectivity index (χ4n) is 2.90. The van der Waals surface area contributed by atoms with Gasteiger partial charge in [-0.2, -0.15) is 0 Å². The highest BCUT2D eigenvalue weighted by Gasteiger charge is 2.35. The molecule has 1 amide bonds. The summed E-state index contributed by atoms with van der Waals surface area (Å²) < 4.78 is 0. The molecule has 0 aromatic heterocycles. The summed E-state index contributed by atoms with van der Waals surface area (Å²) in [4.78, 5) is 23.7. The van der Waals surface area contributed by atoms with E-state index < -0.39 is 17.8 Å². The second kappa shape index (κ2) is 6.16. The smallest absolute Gasteiger partial charge is 0.307 e. The van der Waals surface area contributed by atoms with Crippen molar-refractivity contribution in [2.45, 2.75) is 39.5 Å². The first-order chi connectivity index (χ1) is 9.90. The molecule has 0 aliphatic heterocycles. The van der Waals surface area contributed by atoms with E-state index in [2.05, 4.69) is 5.32 Å². The van der Waals surface area contributed by atoms with Gasteiger partial charge < -0.3 is 15.5 Å². The number of hydrogen-bond acceptors (Lipinski definition) is 3. The monoisotopic (exact) mass is 291 g/mol. The Hall–Kier alpha value is -2.04. The van der Waals surface area contributed by atoms with Crippen molar-refractivity contribution in [2.24, 2.45) is 11.8 Å². The first-order valence-electron chi connectivity index (χ1n) is 7.24. The van der Waals surface area contributed by atoms with Crippen LogP contribution in [-0.4, -0.2) is 22.1 Å². The Bertz CT molecular complexity index is 568. The Labute approximate surface area is 124 Å². The predicted octanol–water partition coefficient (Wildman–Crippen LogP) is 2.84. The molecule has 5 heteroatoms. The lowest BCUT2D eigenvalue weighted by Crippen LogP contribution is -2.36. The van der Waals surface area contributed by atoms with Crippen LogP contribution in [0.5, 0.6) is 5.75 Å². The summed E-state index contributed by atoms with van der Waals surface area (Å²) >= 11 is 0. The average molecular weight is 291 g/mol. The molecular formula is C16H21NO4. The number of aromatic hydroxyl groups is 1. The Morgan fingerprint density at radius 2 is 1.71 bits per heavy atom. The number of carboxylic acid groups (broad SMARTS) is 1. The van der Waals surface area contributed by atoms with Gasteiger partial charge >= 0.3 is 5.97 Å². The van der Waals surface area contributed by atoms with E-state index in [9.17, 15) is 19.8 Å². The number of amides is 1. The number of hydrogen-bond donors (Lipinski definition) is 3. The van der Waals surface area contributed by atoms with Crippen LogP contribution in [0.25, 0.3) is 0 Å². The van der Waals surface area contributed by atoms with Crippen LogP contribution in [0.15, 0.2) is 12.1 Å². The zero-order valence-electron chi connectivity index (χ0n) is 12.3. The van der Waals surface area contributed by atoms with E-state index in [4.69, 9.17) is 0 Å². The number of phenolic OH excluding ortho intramolecular Hbond substituents is 1. The minimum Gasteiger partial charge on any atom is -0.508 e. The fraction of sp³-hybridized carbons (Fsp3) is 0.500. The highest BCUT2D eigenvalue weighted by Crippen LogP contribution is 2.32. The molecule has 0 heterocycles. The standard InChI is InChI=1S/C16H21NO4/c1-9-8-14(18)10(2)7-13(9)17-15(19)11-5-3-4-6-12(11)16(20)21/h7-8,11-12,18H,3-6H2,1-2H3,(H,17,19)(H,20,21). The molecule has 1 aliphatic carbocycles. The van der Waals surface area contributed by atoms with Gasteiger partial charge in [-0.15, -0.1) is 0 Å². The lowest BCUT2D eigenvalue weighted by atomic mass is 9.78. The van der Waals surface area contributed by atoms with Gasteiger partial charge in [0.05, 0.1) is 11.8 Å². The lowest BCUT2D eigenvalue weighted by Gasteiger charge is -2.27. The molecular weight excluding hydrogens is 270 g/mol. The maximum Gasteiger partial charge on any atom is 0.307 e. The third-order valence-corrected chi connectivity index (χ3v) is 4.22. The van der Waals surface area contributed by atoms with Crippen molar-refractivity contribution in [1.82, 2.24) is 0 Å². The molecule has 114 valence electrons. The van der Waals surface area contributed by atoms with Crippen molar-refractivity contribution in [2.75, 3.05) is 5.32 Å². The molecule has 0 radical (unpaired) electrons. The van der Waals surface area contributed by atoms with E-state index in [0.717, 1.165) is 18.4 Å². The summed E-state index contributed by atoms with van der Waals surface area (Å²) in [7, 11) is 0. The summed E-state index contributed by atoms with van der Waals surface area (Å²) in [6.45, 7) is 3.55. The van der Waals surface area contributed by atoms with E-state index in [1.807, 2.05) is 0 Å². The van der Waals surface area contributed by atoms with Gasteiger partial charge in [-0.3, -0.25) is 9.59 Å². The molecule has 0 bridgehead atoms. The molecule has 3 N–H and O–H groups in total. The van der Waals surface area contributed by atoms with Gasteiger partial charge in [-0.1, -0.05) is 12.8 Å². The third-order valence-electron chi connectivity index (χ3n) is 4.22. The number of carbonyl (C=O) groups is 2. The minimum atomic E-state index is -0.895. The van der Waals surface area contributed by atoms with Gasteiger partial charge in [0.15, 0.2) is 0 Å². The number of anilines is 1. The Morgan fingerprint density at radius 1 is 1.10 bits per heavy atom. The SMILES string of the molecule is Cc1cc(NC(=O)C2CCCCC2C(=O)O)c(C)cc1O. The molecule has 5 nitrogen and oxygen atoms in total. The normalized spacial score (nSPS) is 21.8. The number of carboxylic acids is 1. The van der Waals surface area contributed by atoms with Gasteiger partial charge in [0, 0.05) is 5.69 Å². The molecule has 1 aliphatic rings. The Balaban J connectivity index is 2.17. The van der Waals surface area contributed by atoms with Crippen LogP contribution in [0.4, 0.5) is 5.69 Å². The Morgan fingerprint density at radius 3 is 2.33 bits per heavy atom. The molecule has 2 rings (SSSR count). The van der Waals surface area contributed by atoms with Crippen LogP contribution in [0.1, 0.15) is 36.8 Å². The largest absolute Gasteiger partial charge is 0.508 e. The first-order valence-corrected chi connectivity index (χ1v) is 7.24. The Kier molecular flexibility index (Phi) is 4.50. The third kappa shape index (κ3) is 3.35. The fourth-order valence-corrected chi connectivity index (χ4v) is 2.90. The minimum absolute atomic E-state index is 0.187. The molecule has 1 fully saturated rings. The van der Waals surface area contributed by atoms with Crippen molar-refractivity contribution in [3.05, 3.63) is 23.3 Å². The maximum absolute atomic E-state index is 12.4. The molecule has 1 aromatic carbocycles. The number of rotatable bonds is 3. The van der Waals surface area contributed by atoms with Crippen LogP contribution in [0, 0.1) is 25.7 Å². The highest BCUT2D eigenvalue weighted by atomic mass is 16.4. The van der Waals surface area contributed by atoms with Gasteiger partial charge in [0.2, 0.25) is 5.91 Å². The molecule has 2 unspecified atom stereocenters. The zero-order chi connectivity index (χ0) is 15.6. The number of aliphatic carboxylic acids is 1. The molecule has 0 spiro atoms. The van der Waals surface area contributed by atoms with Crippen molar-refractivity contribution in [3.8, 4) is 5.75 Å². The quantitative estimate of drug-likeness (QED) is 0.747. The summed E-state index contributed by atoms with van der Waals surface area (Å²) in [5.74, 6) is -2.03. The van der Waals surface area contributed by atoms with Crippen LogP contribution in [0.3, 0.4) is 0 Å². The summed E-state index contributed by atoms with van der Waals surface area (Å²) in [6, 6.07) is 3.31. The predicted molar refractivity (Wildman–Crippen MR) is 79.3 cm³/mol.